The third-order valence-corrected chi connectivity index (χ3v) is 4.53. The first kappa shape index (κ1) is 18.9. The fourth-order valence-corrected chi connectivity index (χ4v) is 3.10. The molecule has 0 spiro atoms. The number of allylic oxidation sites excluding steroid dienone is 1. The molecule has 142 valence electrons. The Labute approximate surface area is 154 Å². The van der Waals surface area contributed by atoms with Gasteiger partial charge in [-0.2, -0.15) is 18.2 Å². The highest BCUT2D eigenvalue weighted by molar-refractivity contribution is 6.00. The minimum absolute atomic E-state index is 0.138. The Balaban J connectivity index is 2.10. The molecule has 0 aliphatic carbocycles. The first-order valence-corrected chi connectivity index (χ1v) is 8.57. The Hall–Kier alpha value is -2.90. The Kier molecular flexibility index (Phi) is 5.16. The molecule has 1 N–H and O–H groups in total. The van der Waals surface area contributed by atoms with Crippen LogP contribution in [0.3, 0.4) is 0 Å². The Bertz CT molecular complexity index is 919. The molecule has 1 aromatic carbocycles. The summed E-state index contributed by atoms with van der Waals surface area (Å²) in [7, 11) is 0. The molecule has 3 rings (SSSR count). The summed E-state index contributed by atoms with van der Waals surface area (Å²) in [4.78, 5) is 18.6. The lowest BCUT2D eigenvalue weighted by Crippen LogP contribution is -2.32. The molecule has 1 aliphatic rings. The van der Waals surface area contributed by atoms with E-state index in [-0.39, 0.29) is 6.04 Å². The topological polar surface area (TPSA) is 62.0 Å². The van der Waals surface area contributed by atoms with Crippen molar-refractivity contribution in [3.8, 4) is 5.69 Å². The molecule has 1 saturated heterocycles. The summed E-state index contributed by atoms with van der Waals surface area (Å²) >= 11 is 0. The molecule has 0 unspecified atom stereocenters. The normalized spacial score (nSPS) is 17.6. The van der Waals surface area contributed by atoms with Crippen LogP contribution in [0.25, 0.3) is 11.8 Å². The van der Waals surface area contributed by atoms with Gasteiger partial charge in [0.1, 0.15) is 11.5 Å². The fourth-order valence-electron chi connectivity index (χ4n) is 3.10. The van der Waals surface area contributed by atoms with Gasteiger partial charge in [-0.05, 0) is 44.1 Å². The summed E-state index contributed by atoms with van der Waals surface area (Å²) in [5, 5.41) is 7.15. The van der Waals surface area contributed by atoms with Crippen LogP contribution in [0.4, 0.5) is 19.0 Å². The van der Waals surface area contributed by atoms with Crippen molar-refractivity contribution in [3.63, 3.8) is 0 Å². The average molecular weight is 376 g/mol. The van der Waals surface area contributed by atoms with Gasteiger partial charge in [0.25, 0.3) is 0 Å². The summed E-state index contributed by atoms with van der Waals surface area (Å²) in [6.45, 7) is 2.67. The summed E-state index contributed by atoms with van der Waals surface area (Å²) in [6, 6.07) is 8.88. The van der Waals surface area contributed by atoms with E-state index in [4.69, 9.17) is 5.41 Å². The molecule has 0 amide bonds. The van der Waals surface area contributed by atoms with Gasteiger partial charge in [0.2, 0.25) is 0 Å². The minimum atomic E-state index is -4.72. The third-order valence-electron chi connectivity index (χ3n) is 4.53. The number of rotatable bonds is 4. The number of benzene rings is 1. The van der Waals surface area contributed by atoms with E-state index < -0.39 is 17.6 Å². The minimum Gasteiger partial charge on any atom is -0.353 e. The largest absolute Gasteiger partial charge is 0.432 e. The molecular formula is C19H19F3N4O. The second-order valence-electron chi connectivity index (χ2n) is 6.44. The lowest BCUT2D eigenvalue weighted by molar-refractivity contribution is -0.0583. The predicted octanol–water partition coefficient (Wildman–Crippen LogP) is 3.82. The zero-order chi connectivity index (χ0) is 19.6. The van der Waals surface area contributed by atoms with Crippen LogP contribution in [0.2, 0.25) is 0 Å². The van der Waals surface area contributed by atoms with Gasteiger partial charge in [0.05, 0.1) is 5.69 Å². The molecule has 1 aromatic heterocycles. The van der Waals surface area contributed by atoms with Crippen molar-refractivity contribution in [2.24, 2.45) is 0 Å². The number of hydrogen-bond acceptors (Lipinski definition) is 4. The van der Waals surface area contributed by atoms with Gasteiger partial charge >= 0.3 is 11.9 Å². The number of nitrogens with zero attached hydrogens (tertiary/aromatic N) is 3. The van der Waals surface area contributed by atoms with Crippen LogP contribution in [0, 0.1) is 5.41 Å². The van der Waals surface area contributed by atoms with Crippen LogP contribution in [-0.2, 0) is 0 Å². The van der Waals surface area contributed by atoms with Gasteiger partial charge in [0.15, 0.2) is 0 Å². The van der Waals surface area contributed by atoms with Crippen molar-refractivity contribution in [2.45, 2.75) is 32.0 Å². The fraction of sp³-hybridized carbons (Fsp3) is 0.316. The molecule has 8 heteroatoms. The number of nitrogens with one attached hydrogen (secondary N) is 1. The number of halogens is 3. The van der Waals surface area contributed by atoms with Gasteiger partial charge in [-0.3, -0.25) is 9.98 Å². The quantitative estimate of drug-likeness (QED) is 0.826. The van der Waals surface area contributed by atoms with Crippen molar-refractivity contribution in [2.75, 3.05) is 11.4 Å². The zero-order valence-corrected chi connectivity index (χ0v) is 14.7. The second kappa shape index (κ2) is 7.38. The van der Waals surface area contributed by atoms with Gasteiger partial charge in [-0.15, -0.1) is 0 Å². The van der Waals surface area contributed by atoms with Crippen LogP contribution in [0.15, 0.2) is 47.4 Å². The summed E-state index contributed by atoms with van der Waals surface area (Å²) in [5.74, 6) is 0.350. The molecule has 1 atom stereocenters. The van der Waals surface area contributed by atoms with Crippen LogP contribution < -0.4 is 10.6 Å². The predicted molar refractivity (Wildman–Crippen MR) is 98.7 cm³/mol. The van der Waals surface area contributed by atoms with Crippen molar-refractivity contribution in [1.82, 2.24) is 9.55 Å². The first-order chi connectivity index (χ1) is 12.8. The molecule has 5 nitrogen and oxygen atoms in total. The second-order valence-corrected chi connectivity index (χ2v) is 6.44. The van der Waals surface area contributed by atoms with E-state index in [0.29, 0.717) is 29.7 Å². The average Bonchev–Trinajstić information content (AvgIpc) is 3.05. The number of alkyl halides is 3. The molecule has 2 aromatic rings. The summed E-state index contributed by atoms with van der Waals surface area (Å²) < 4.78 is 39.3. The van der Waals surface area contributed by atoms with Crippen molar-refractivity contribution in [3.05, 3.63) is 58.7 Å². The smallest absolute Gasteiger partial charge is 0.353 e. The molecule has 1 aliphatic heterocycles. The lowest BCUT2D eigenvalue weighted by atomic mass is 10.2. The highest BCUT2D eigenvalue weighted by atomic mass is 19.4. The number of hydrogen-bond donors (Lipinski definition) is 1. The summed E-state index contributed by atoms with van der Waals surface area (Å²) in [6.07, 6.45) is 0.490. The van der Waals surface area contributed by atoms with E-state index in [1.807, 2.05) is 11.8 Å². The van der Waals surface area contributed by atoms with Crippen LogP contribution in [0.5, 0.6) is 0 Å². The molecule has 2 heterocycles. The van der Waals surface area contributed by atoms with E-state index in [1.54, 1.807) is 30.3 Å². The lowest BCUT2D eigenvalue weighted by Gasteiger charge is -2.24. The van der Waals surface area contributed by atoms with E-state index in [9.17, 15) is 18.0 Å². The third kappa shape index (κ3) is 4.10. The molecular weight excluding hydrogens is 357 g/mol. The van der Waals surface area contributed by atoms with Crippen molar-refractivity contribution < 1.29 is 13.2 Å². The first-order valence-electron chi connectivity index (χ1n) is 8.57. The highest BCUT2D eigenvalue weighted by Crippen LogP contribution is 2.27. The van der Waals surface area contributed by atoms with Gasteiger partial charge < -0.3 is 4.90 Å². The zero-order valence-electron chi connectivity index (χ0n) is 14.7. The Morgan fingerprint density at radius 1 is 1.30 bits per heavy atom. The van der Waals surface area contributed by atoms with Gasteiger partial charge in [-0.25, -0.2) is 4.79 Å². The van der Waals surface area contributed by atoms with Crippen LogP contribution in [0.1, 0.15) is 25.3 Å². The number of aromatic nitrogens is 2. The molecule has 1 fully saturated rings. The Morgan fingerprint density at radius 2 is 2.00 bits per heavy atom. The van der Waals surface area contributed by atoms with Crippen molar-refractivity contribution in [1.29, 1.82) is 5.41 Å². The monoisotopic (exact) mass is 376 g/mol. The molecule has 0 radical (unpaired) electrons. The van der Waals surface area contributed by atoms with Crippen LogP contribution in [-0.4, -0.2) is 34.0 Å². The van der Waals surface area contributed by atoms with Crippen LogP contribution >= 0.6 is 0 Å². The molecule has 0 saturated carbocycles. The Morgan fingerprint density at radius 3 is 2.59 bits per heavy atom. The van der Waals surface area contributed by atoms with Crippen molar-refractivity contribution >= 4 is 17.6 Å². The maximum Gasteiger partial charge on any atom is 0.432 e. The SMILES string of the molecule is C[C@H]1CCCN1c1nc(=O)n(-c2ccccc2)cc1/C=C\C(=N)C(F)(F)F. The maximum atomic E-state index is 12.7. The number of para-hydroxylation sites is 1. The highest BCUT2D eigenvalue weighted by Gasteiger charge is 2.32. The van der Waals surface area contributed by atoms with Gasteiger partial charge in [0, 0.05) is 24.3 Å². The standard InChI is InChI=1S/C19H19F3N4O/c1-13-6-5-11-25(13)17-14(9-10-16(23)19(20,21)22)12-26(18(27)24-17)15-7-3-2-4-8-15/h2-4,7-10,12-13,23H,5-6,11H2,1H3/b10-9-,23-16?/t13-/m0/s1. The number of anilines is 1. The van der Waals surface area contributed by atoms with E-state index in [0.717, 1.165) is 12.8 Å². The molecule has 27 heavy (non-hydrogen) atoms. The summed E-state index contributed by atoms with van der Waals surface area (Å²) in [5.41, 5.74) is -1.03. The molecule has 0 bridgehead atoms. The van der Waals surface area contributed by atoms with E-state index >= 15 is 0 Å². The van der Waals surface area contributed by atoms with E-state index in [2.05, 4.69) is 4.98 Å². The maximum absolute atomic E-state index is 12.7. The van der Waals surface area contributed by atoms with E-state index in [1.165, 1.54) is 16.8 Å². The van der Waals surface area contributed by atoms with Gasteiger partial charge in [-0.1, -0.05) is 18.2 Å².